The Morgan fingerprint density at radius 3 is 2.72 bits per heavy atom. The predicted molar refractivity (Wildman–Crippen MR) is 64.4 cm³/mol. The topological polar surface area (TPSA) is 96.5 Å². The molecule has 6 heteroatoms. The number of likely N-dealkylation sites (N-methyl/N-ethyl adjacent to an activating group) is 1. The lowest BCUT2D eigenvalue weighted by atomic mass is 10.2. The van der Waals surface area contributed by atoms with Gasteiger partial charge in [0.15, 0.2) is 0 Å². The molecule has 1 heterocycles. The van der Waals surface area contributed by atoms with Gasteiger partial charge in [0, 0.05) is 18.8 Å². The van der Waals surface area contributed by atoms with Crippen molar-refractivity contribution in [2.75, 3.05) is 20.2 Å². The summed E-state index contributed by atoms with van der Waals surface area (Å²) in [6, 6.07) is 3.11. The number of hydrogen-bond acceptors (Lipinski definition) is 4. The minimum atomic E-state index is -0.587. The Morgan fingerprint density at radius 1 is 1.50 bits per heavy atom. The molecule has 0 aliphatic heterocycles. The van der Waals surface area contributed by atoms with Crippen LogP contribution >= 0.6 is 0 Å². The summed E-state index contributed by atoms with van der Waals surface area (Å²) < 4.78 is 0. The second-order valence-electron chi connectivity index (χ2n) is 3.52. The van der Waals surface area contributed by atoms with Gasteiger partial charge in [-0.05, 0) is 12.1 Å². The van der Waals surface area contributed by atoms with E-state index < -0.39 is 11.8 Å². The minimum absolute atomic E-state index is 0.160. The van der Waals surface area contributed by atoms with Gasteiger partial charge in [-0.1, -0.05) is 11.8 Å². The zero-order valence-electron chi connectivity index (χ0n) is 9.88. The highest BCUT2D eigenvalue weighted by atomic mass is 16.2. The largest absolute Gasteiger partial charge is 0.384 e. The number of aliphatic hydroxyl groups excluding tert-OH is 1. The van der Waals surface area contributed by atoms with Crippen LogP contribution in [0.4, 0.5) is 0 Å². The Morgan fingerprint density at radius 2 is 2.22 bits per heavy atom. The third-order valence-electron chi connectivity index (χ3n) is 2.03. The summed E-state index contributed by atoms with van der Waals surface area (Å²) in [7, 11) is 1.47. The third-order valence-corrected chi connectivity index (χ3v) is 2.03. The first kappa shape index (κ1) is 13.7. The van der Waals surface area contributed by atoms with Crippen molar-refractivity contribution < 1.29 is 14.7 Å². The quantitative estimate of drug-likeness (QED) is 0.668. The molecule has 1 aromatic heterocycles. The van der Waals surface area contributed by atoms with Gasteiger partial charge in [-0.3, -0.25) is 9.59 Å². The van der Waals surface area contributed by atoms with Crippen LogP contribution in [-0.4, -0.2) is 47.0 Å². The van der Waals surface area contributed by atoms with Crippen molar-refractivity contribution in [2.24, 2.45) is 5.73 Å². The van der Waals surface area contributed by atoms with E-state index in [-0.39, 0.29) is 18.8 Å². The van der Waals surface area contributed by atoms with Crippen LogP contribution in [0.1, 0.15) is 16.1 Å². The van der Waals surface area contributed by atoms with Gasteiger partial charge in [-0.25, -0.2) is 4.98 Å². The maximum atomic E-state index is 11.8. The monoisotopic (exact) mass is 247 g/mol. The molecule has 6 nitrogen and oxygen atoms in total. The average molecular weight is 247 g/mol. The highest BCUT2D eigenvalue weighted by Gasteiger charge is 2.14. The number of nitrogens with two attached hydrogens (primary N) is 1. The highest BCUT2D eigenvalue weighted by molar-refractivity contribution is 5.94. The summed E-state index contributed by atoms with van der Waals surface area (Å²) in [5.74, 6) is 4.15. The summed E-state index contributed by atoms with van der Waals surface area (Å²) in [6.07, 6.45) is 1.42. The second kappa shape index (κ2) is 6.37. The maximum absolute atomic E-state index is 11.8. The smallest absolute Gasteiger partial charge is 0.272 e. The lowest BCUT2D eigenvalue weighted by Crippen LogP contribution is -2.35. The lowest BCUT2D eigenvalue weighted by molar-refractivity contribution is -0.118. The number of carbonyl (C=O) groups is 2. The SMILES string of the molecule is CN(CC(N)=O)C(=O)c1ccc(C#CCO)cn1. The van der Waals surface area contributed by atoms with Crippen molar-refractivity contribution >= 4 is 11.8 Å². The molecule has 0 bridgehead atoms. The first-order valence-corrected chi connectivity index (χ1v) is 5.14. The predicted octanol–water partition coefficient (Wildman–Crippen LogP) is -1.02. The average Bonchev–Trinajstić information content (AvgIpc) is 2.35. The zero-order valence-corrected chi connectivity index (χ0v) is 9.88. The van der Waals surface area contributed by atoms with Crippen LogP contribution in [0, 0.1) is 11.8 Å². The van der Waals surface area contributed by atoms with Crippen molar-refractivity contribution in [3.63, 3.8) is 0 Å². The Hall–Kier alpha value is -2.39. The molecule has 1 rings (SSSR count). The van der Waals surface area contributed by atoms with Crippen LogP contribution in [0.2, 0.25) is 0 Å². The van der Waals surface area contributed by atoms with Crippen molar-refractivity contribution in [3.8, 4) is 11.8 Å². The van der Waals surface area contributed by atoms with Gasteiger partial charge >= 0.3 is 0 Å². The molecule has 0 aliphatic carbocycles. The summed E-state index contributed by atoms with van der Waals surface area (Å²) in [4.78, 5) is 27.6. The van der Waals surface area contributed by atoms with Crippen LogP contribution in [0.5, 0.6) is 0 Å². The van der Waals surface area contributed by atoms with E-state index in [9.17, 15) is 9.59 Å². The number of hydrogen-bond donors (Lipinski definition) is 2. The molecule has 0 unspecified atom stereocenters. The fraction of sp³-hybridized carbons (Fsp3) is 0.250. The standard InChI is InChI=1S/C12H13N3O3/c1-15(8-11(13)17)12(18)10-5-4-9(7-14-10)3-2-6-16/h4-5,7,16H,6,8H2,1H3,(H2,13,17). The maximum Gasteiger partial charge on any atom is 0.272 e. The van der Waals surface area contributed by atoms with E-state index in [0.29, 0.717) is 5.56 Å². The zero-order chi connectivity index (χ0) is 13.5. The van der Waals surface area contributed by atoms with Crippen LogP contribution in [0.15, 0.2) is 18.3 Å². The van der Waals surface area contributed by atoms with Crippen LogP contribution in [0.25, 0.3) is 0 Å². The second-order valence-corrected chi connectivity index (χ2v) is 3.52. The fourth-order valence-electron chi connectivity index (χ4n) is 1.24. The van der Waals surface area contributed by atoms with Crippen molar-refractivity contribution in [1.29, 1.82) is 0 Å². The molecular weight excluding hydrogens is 234 g/mol. The number of amides is 2. The molecule has 18 heavy (non-hydrogen) atoms. The van der Waals surface area contributed by atoms with Crippen LogP contribution in [-0.2, 0) is 4.79 Å². The molecule has 0 atom stereocenters. The molecule has 0 aromatic carbocycles. The molecule has 0 saturated carbocycles. The van der Waals surface area contributed by atoms with E-state index in [1.165, 1.54) is 24.2 Å². The van der Waals surface area contributed by atoms with Crippen LogP contribution in [0.3, 0.4) is 0 Å². The number of aromatic nitrogens is 1. The van der Waals surface area contributed by atoms with Crippen molar-refractivity contribution in [2.45, 2.75) is 0 Å². The van der Waals surface area contributed by atoms with Gasteiger partial charge in [0.05, 0.1) is 6.54 Å². The van der Waals surface area contributed by atoms with Gasteiger partial charge in [0.25, 0.3) is 5.91 Å². The van der Waals surface area contributed by atoms with E-state index in [1.807, 2.05) is 0 Å². The summed E-state index contributed by atoms with van der Waals surface area (Å²) >= 11 is 0. The first-order chi connectivity index (χ1) is 8.54. The fourth-order valence-corrected chi connectivity index (χ4v) is 1.24. The van der Waals surface area contributed by atoms with Gasteiger partial charge in [0.2, 0.25) is 5.91 Å². The number of pyridine rings is 1. The molecule has 0 saturated heterocycles. The minimum Gasteiger partial charge on any atom is -0.384 e. The Labute approximate surface area is 104 Å². The normalized spacial score (nSPS) is 9.22. The van der Waals surface area contributed by atoms with Gasteiger partial charge < -0.3 is 15.7 Å². The van der Waals surface area contributed by atoms with Gasteiger partial charge in [0.1, 0.15) is 12.3 Å². The third kappa shape index (κ3) is 3.88. The van der Waals surface area contributed by atoms with E-state index in [4.69, 9.17) is 10.8 Å². The first-order valence-electron chi connectivity index (χ1n) is 5.14. The number of primary amides is 1. The number of aliphatic hydroxyl groups is 1. The number of rotatable bonds is 3. The summed E-state index contributed by atoms with van der Waals surface area (Å²) in [6.45, 7) is -0.394. The highest BCUT2D eigenvalue weighted by Crippen LogP contribution is 2.02. The number of nitrogens with zero attached hydrogens (tertiary/aromatic N) is 2. The number of carbonyl (C=O) groups excluding carboxylic acids is 2. The molecule has 0 fully saturated rings. The molecule has 0 spiro atoms. The Kier molecular flexibility index (Phi) is 4.84. The lowest BCUT2D eigenvalue weighted by Gasteiger charge is -2.14. The van der Waals surface area contributed by atoms with E-state index >= 15 is 0 Å². The molecule has 2 amide bonds. The molecule has 0 radical (unpaired) electrons. The van der Waals surface area contributed by atoms with E-state index in [2.05, 4.69) is 16.8 Å². The van der Waals surface area contributed by atoms with E-state index in [0.717, 1.165) is 0 Å². The molecule has 1 aromatic rings. The summed E-state index contributed by atoms with van der Waals surface area (Å²) in [5, 5.41) is 8.53. The van der Waals surface area contributed by atoms with Gasteiger partial charge in [-0.15, -0.1) is 0 Å². The summed E-state index contributed by atoms with van der Waals surface area (Å²) in [5.41, 5.74) is 5.79. The Bertz CT molecular complexity index is 500. The van der Waals surface area contributed by atoms with Crippen molar-refractivity contribution in [1.82, 2.24) is 9.88 Å². The molecule has 94 valence electrons. The molecule has 3 N–H and O–H groups in total. The Balaban J connectivity index is 2.78. The van der Waals surface area contributed by atoms with Gasteiger partial charge in [-0.2, -0.15) is 0 Å². The molecule has 0 aliphatic rings. The van der Waals surface area contributed by atoms with Crippen LogP contribution < -0.4 is 5.73 Å². The van der Waals surface area contributed by atoms with E-state index in [1.54, 1.807) is 6.07 Å². The van der Waals surface area contributed by atoms with Crippen molar-refractivity contribution in [3.05, 3.63) is 29.6 Å². The molecular formula is C12H13N3O3.